The molecule has 0 unspecified atom stereocenters. The molecule has 0 spiro atoms. The van der Waals surface area contributed by atoms with Gasteiger partial charge in [-0.05, 0) is 31.7 Å². The number of fused-ring (bicyclic) bond motifs is 1. The zero-order valence-corrected chi connectivity index (χ0v) is 14.0. The van der Waals surface area contributed by atoms with E-state index in [2.05, 4.69) is 9.97 Å². The number of benzene rings is 1. The topological polar surface area (TPSA) is 92.3 Å². The van der Waals surface area contributed by atoms with Gasteiger partial charge in [0.1, 0.15) is 11.6 Å². The molecule has 0 bridgehead atoms. The fourth-order valence-electron chi connectivity index (χ4n) is 2.45. The Hall–Kier alpha value is -2.38. The van der Waals surface area contributed by atoms with Gasteiger partial charge in [-0.15, -0.1) is 0 Å². The lowest BCUT2D eigenvalue weighted by Crippen LogP contribution is -2.25. The highest BCUT2D eigenvalue weighted by atomic mass is 35.5. The molecule has 1 N–H and O–H groups in total. The Morgan fingerprint density at radius 1 is 1.25 bits per heavy atom. The second-order valence-corrected chi connectivity index (χ2v) is 5.85. The number of H-pyrrole nitrogens is 1. The number of halogens is 1. The van der Waals surface area contributed by atoms with Crippen LogP contribution in [0.15, 0.2) is 36.6 Å². The number of hydrogen-bond donors (Lipinski definition) is 1. The van der Waals surface area contributed by atoms with Gasteiger partial charge >= 0.3 is 5.82 Å². The van der Waals surface area contributed by atoms with Gasteiger partial charge in [-0.3, -0.25) is 9.69 Å². The predicted molar refractivity (Wildman–Crippen MR) is 89.1 cm³/mol. The van der Waals surface area contributed by atoms with Crippen LogP contribution in [0.2, 0.25) is 5.02 Å². The van der Waals surface area contributed by atoms with Crippen LogP contribution in [-0.4, -0.2) is 21.4 Å². The van der Waals surface area contributed by atoms with E-state index in [1.807, 2.05) is 11.8 Å². The maximum atomic E-state index is 12.2. The first-order chi connectivity index (χ1) is 11.5. The number of aromatic nitrogens is 2. The van der Waals surface area contributed by atoms with Crippen LogP contribution in [0.25, 0.3) is 10.9 Å². The average molecular weight is 350 g/mol. The molecule has 2 heterocycles. The Labute approximate surface area is 141 Å². The summed E-state index contributed by atoms with van der Waals surface area (Å²) in [5, 5.41) is 1.01. The van der Waals surface area contributed by atoms with Crippen molar-refractivity contribution in [3.05, 3.63) is 61.5 Å². The lowest BCUT2D eigenvalue weighted by molar-refractivity contribution is 0.238. The summed E-state index contributed by atoms with van der Waals surface area (Å²) in [5.74, 6) is 0.712. The minimum absolute atomic E-state index is 0.214. The Balaban J connectivity index is 1.88. The molecule has 0 radical (unpaired) electrons. The summed E-state index contributed by atoms with van der Waals surface area (Å²) in [6.07, 6.45) is 0. The van der Waals surface area contributed by atoms with Gasteiger partial charge in [-0.1, -0.05) is 18.5 Å². The molecule has 7 nitrogen and oxygen atoms in total. The summed E-state index contributed by atoms with van der Waals surface area (Å²) in [7, 11) is 0. The minimum atomic E-state index is -0.717. The minimum Gasteiger partial charge on any atom is -0.396 e. The van der Waals surface area contributed by atoms with Gasteiger partial charge in [0, 0.05) is 5.02 Å². The fraction of sp³-hybridized carbons (Fsp3) is 0.312. The highest BCUT2D eigenvalue weighted by Crippen LogP contribution is 2.15. The van der Waals surface area contributed by atoms with Crippen molar-refractivity contribution in [1.29, 1.82) is 0 Å². The number of aromatic amines is 1. The van der Waals surface area contributed by atoms with Gasteiger partial charge in [0.2, 0.25) is 0 Å². The molecule has 0 aliphatic carbocycles. The summed E-state index contributed by atoms with van der Waals surface area (Å²) in [5.41, 5.74) is 0.331. The molecule has 3 rings (SSSR count). The van der Waals surface area contributed by atoms with Crippen LogP contribution in [0, 0.1) is 6.92 Å². The van der Waals surface area contributed by atoms with E-state index in [1.54, 1.807) is 25.1 Å². The maximum absolute atomic E-state index is 12.2. The lowest BCUT2D eigenvalue weighted by Gasteiger charge is -2.18. The molecule has 0 atom stereocenters. The zero-order chi connectivity index (χ0) is 17.3. The van der Waals surface area contributed by atoms with Gasteiger partial charge < -0.3 is 13.8 Å². The zero-order valence-electron chi connectivity index (χ0n) is 13.3. The monoisotopic (exact) mass is 349 g/mol. The summed E-state index contributed by atoms with van der Waals surface area (Å²) in [6, 6.07) is 4.96. The number of aryl methyl sites for hydroxylation is 1. The third-order valence-electron chi connectivity index (χ3n) is 3.74. The molecule has 0 amide bonds. The largest absolute Gasteiger partial charge is 0.519 e. The molecule has 2 aromatic heterocycles. The van der Waals surface area contributed by atoms with E-state index in [1.165, 1.54) is 0 Å². The van der Waals surface area contributed by atoms with Crippen molar-refractivity contribution in [2.75, 3.05) is 6.54 Å². The van der Waals surface area contributed by atoms with Gasteiger partial charge in [0.25, 0.3) is 5.56 Å². The Bertz CT molecular complexity index is 989. The van der Waals surface area contributed by atoms with Gasteiger partial charge in [-0.25, -0.2) is 9.78 Å². The van der Waals surface area contributed by atoms with Crippen LogP contribution in [-0.2, 0) is 13.1 Å². The predicted octanol–water partition coefficient (Wildman–Crippen LogP) is 2.45. The Morgan fingerprint density at radius 3 is 2.71 bits per heavy atom. The fourth-order valence-corrected chi connectivity index (χ4v) is 2.62. The van der Waals surface area contributed by atoms with Crippen molar-refractivity contribution >= 4 is 22.5 Å². The van der Waals surface area contributed by atoms with E-state index in [0.717, 1.165) is 0 Å². The number of nitrogens with one attached hydrogen (secondary N) is 1. The first-order valence-electron chi connectivity index (χ1n) is 7.46. The van der Waals surface area contributed by atoms with Crippen molar-refractivity contribution in [2.24, 2.45) is 0 Å². The van der Waals surface area contributed by atoms with E-state index in [-0.39, 0.29) is 5.56 Å². The van der Waals surface area contributed by atoms with Crippen LogP contribution in [0.5, 0.6) is 0 Å². The van der Waals surface area contributed by atoms with Gasteiger partial charge in [0.05, 0.1) is 24.0 Å². The number of hydrogen-bond acceptors (Lipinski definition) is 6. The van der Waals surface area contributed by atoms with Crippen LogP contribution in [0.1, 0.15) is 24.3 Å². The van der Waals surface area contributed by atoms with Crippen molar-refractivity contribution in [3.63, 3.8) is 0 Å². The van der Waals surface area contributed by atoms with Crippen LogP contribution in [0.3, 0.4) is 0 Å². The highest BCUT2D eigenvalue weighted by molar-refractivity contribution is 6.31. The van der Waals surface area contributed by atoms with Crippen molar-refractivity contribution in [3.8, 4) is 0 Å². The van der Waals surface area contributed by atoms with Crippen molar-refractivity contribution in [2.45, 2.75) is 26.9 Å². The molecular formula is C16H16ClN3O4. The molecule has 3 aromatic rings. The SMILES string of the molecule is CCN(Cc1nc2cc(Cl)ccc2c(=O)[nH]1)Cc1oc(=O)oc1C. The first-order valence-corrected chi connectivity index (χ1v) is 7.84. The van der Waals surface area contributed by atoms with Crippen LogP contribution < -0.4 is 11.4 Å². The number of nitrogens with zero attached hydrogens (tertiary/aromatic N) is 2. The van der Waals surface area contributed by atoms with Crippen LogP contribution >= 0.6 is 11.6 Å². The summed E-state index contributed by atoms with van der Waals surface area (Å²) in [4.78, 5) is 32.5. The summed E-state index contributed by atoms with van der Waals surface area (Å²) >= 11 is 5.97. The van der Waals surface area contributed by atoms with E-state index < -0.39 is 5.82 Å². The quantitative estimate of drug-likeness (QED) is 0.760. The Morgan fingerprint density at radius 2 is 2.04 bits per heavy atom. The summed E-state index contributed by atoms with van der Waals surface area (Å²) in [6.45, 7) is 5.08. The molecular weight excluding hydrogens is 334 g/mol. The standard InChI is InChI=1S/C16H16ClN3O4/c1-3-20(7-13-9(2)23-16(22)24-13)8-14-18-12-6-10(17)4-5-11(12)15(21)19-14/h4-6H,3,7-8H2,1-2H3,(H,18,19,21). The smallest absolute Gasteiger partial charge is 0.396 e. The van der Waals surface area contributed by atoms with Gasteiger partial charge in [0.15, 0.2) is 5.76 Å². The highest BCUT2D eigenvalue weighted by Gasteiger charge is 2.14. The normalized spacial score (nSPS) is 11.5. The third kappa shape index (κ3) is 3.42. The molecule has 0 saturated heterocycles. The molecule has 24 heavy (non-hydrogen) atoms. The molecule has 8 heteroatoms. The second-order valence-electron chi connectivity index (χ2n) is 5.41. The number of rotatable bonds is 5. The Kier molecular flexibility index (Phi) is 4.55. The first kappa shape index (κ1) is 16.5. The van der Waals surface area contributed by atoms with Gasteiger partial charge in [-0.2, -0.15) is 0 Å². The molecule has 126 valence electrons. The lowest BCUT2D eigenvalue weighted by atomic mass is 10.2. The summed E-state index contributed by atoms with van der Waals surface area (Å²) < 4.78 is 9.88. The third-order valence-corrected chi connectivity index (χ3v) is 3.98. The van der Waals surface area contributed by atoms with Crippen molar-refractivity contribution < 1.29 is 8.83 Å². The van der Waals surface area contributed by atoms with E-state index in [4.69, 9.17) is 20.4 Å². The molecule has 0 aliphatic heterocycles. The van der Waals surface area contributed by atoms with Crippen molar-refractivity contribution in [1.82, 2.24) is 14.9 Å². The molecule has 0 saturated carbocycles. The molecule has 0 fully saturated rings. The second kappa shape index (κ2) is 6.62. The van der Waals surface area contributed by atoms with E-state index in [0.29, 0.717) is 52.9 Å². The average Bonchev–Trinajstić information content (AvgIpc) is 2.83. The van der Waals surface area contributed by atoms with E-state index >= 15 is 0 Å². The maximum Gasteiger partial charge on any atom is 0.519 e. The van der Waals surface area contributed by atoms with Crippen LogP contribution in [0.4, 0.5) is 0 Å². The molecule has 1 aromatic carbocycles. The molecule has 0 aliphatic rings. The van der Waals surface area contributed by atoms with E-state index in [9.17, 15) is 9.59 Å².